The number of nitrogens with one attached hydrogen (secondary N) is 1. The van der Waals surface area contributed by atoms with Gasteiger partial charge in [0.25, 0.3) is 0 Å². The minimum absolute atomic E-state index is 0.116. The lowest BCUT2D eigenvalue weighted by atomic mass is 9.85. The van der Waals surface area contributed by atoms with E-state index in [1.165, 1.54) is 29.0 Å². The summed E-state index contributed by atoms with van der Waals surface area (Å²) in [6.07, 6.45) is 1.43. The highest BCUT2D eigenvalue weighted by molar-refractivity contribution is 6.31. The van der Waals surface area contributed by atoms with Crippen LogP contribution >= 0.6 is 23.2 Å². The fourth-order valence-electron chi connectivity index (χ4n) is 5.22. The monoisotopic (exact) mass is 622 g/mol. The van der Waals surface area contributed by atoms with Crippen LogP contribution in [-0.2, 0) is 4.79 Å². The van der Waals surface area contributed by atoms with Crippen molar-refractivity contribution < 1.29 is 32.2 Å². The molecule has 0 radical (unpaired) electrons. The molecule has 1 unspecified atom stereocenters. The first-order valence-electron chi connectivity index (χ1n) is 13.1. The van der Waals surface area contributed by atoms with Gasteiger partial charge in [-0.15, -0.1) is 0 Å². The molecular weight excluding hydrogens is 596 g/mol. The van der Waals surface area contributed by atoms with Crippen LogP contribution in [0.15, 0.2) is 70.7 Å². The molecule has 0 saturated carbocycles. The summed E-state index contributed by atoms with van der Waals surface area (Å²) in [5.74, 6) is -0.299. The number of alkyl halides is 3. The molecule has 2 aliphatic heterocycles. The lowest BCUT2D eigenvalue weighted by molar-refractivity contribution is -0.153. The fourth-order valence-corrected chi connectivity index (χ4v) is 5.50. The molecule has 1 fully saturated rings. The largest absolute Gasteiger partial charge is 0.497 e. The maximum Gasteiger partial charge on any atom is 0.422 e. The summed E-state index contributed by atoms with van der Waals surface area (Å²) >= 11 is 12.4. The van der Waals surface area contributed by atoms with Gasteiger partial charge in [-0.25, -0.2) is 4.79 Å². The third-order valence-corrected chi connectivity index (χ3v) is 7.71. The average Bonchev–Trinajstić information content (AvgIpc) is 3.36. The van der Waals surface area contributed by atoms with Crippen LogP contribution < -0.4 is 14.8 Å². The fraction of sp³-hybridized carbons (Fsp3) is 0.345. The van der Waals surface area contributed by atoms with Crippen molar-refractivity contribution in [3.8, 4) is 11.5 Å². The maximum atomic E-state index is 14.3. The molecule has 222 valence electrons. The molecule has 2 heterocycles. The zero-order chi connectivity index (χ0) is 30.0. The Morgan fingerprint density at radius 1 is 1.17 bits per heavy atom. The normalized spacial score (nSPS) is 22.4. The van der Waals surface area contributed by atoms with E-state index in [4.69, 9.17) is 37.7 Å². The van der Waals surface area contributed by atoms with Crippen molar-refractivity contribution >= 4 is 41.0 Å². The number of hydrogen-bond donors (Lipinski definition) is 1. The van der Waals surface area contributed by atoms with Crippen LogP contribution in [0.25, 0.3) is 0 Å². The number of amides is 3. The Morgan fingerprint density at radius 3 is 2.57 bits per heavy atom. The van der Waals surface area contributed by atoms with Crippen molar-refractivity contribution in [1.82, 2.24) is 15.1 Å². The number of aliphatic imine (C=N–C) groups is 1. The predicted molar refractivity (Wildman–Crippen MR) is 152 cm³/mol. The first-order valence-corrected chi connectivity index (χ1v) is 13.9. The van der Waals surface area contributed by atoms with Gasteiger partial charge >= 0.3 is 12.2 Å². The van der Waals surface area contributed by atoms with Crippen LogP contribution in [0.1, 0.15) is 23.6 Å². The molecular formula is C29H27Cl2F3N4O4. The first-order chi connectivity index (χ1) is 20.0. The van der Waals surface area contributed by atoms with Gasteiger partial charge < -0.3 is 19.7 Å². The number of carbonyl (C=O) groups is 2. The molecule has 8 nitrogen and oxygen atoms in total. The SMILES string of the molecule is COc1ccc(C2=N[C@H](C3C=CC(Cl)=CC3)[C@H](c3ccc(Cl)cc3)N2C(=O)N2CCNC(=O)C2)c(OCC(F)(F)F)c1. The third kappa shape index (κ3) is 6.52. The zero-order valence-corrected chi connectivity index (χ0v) is 23.9. The molecule has 0 spiro atoms. The number of amidine groups is 1. The molecule has 1 N–H and O–H groups in total. The number of rotatable bonds is 6. The van der Waals surface area contributed by atoms with E-state index in [-0.39, 0.29) is 54.4 Å². The number of piperazine rings is 1. The second-order valence-electron chi connectivity index (χ2n) is 9.98. The van der Waals surface area contributed by atoms with Crippen molar-refractivity contribution in [3.05, 3.63) is 81.9 Å². The molecule has 42 heavy (non-hydrogen) atoms. The van der Waals surface area contributed by atoms with E-state index in [0.29, 0.717) is 22.0 Å². The topological polar surface area (TPSA) is 83.5 Å². The predicted octanol–water partition coefficient (Wildman–Crippen LogP) is 5.71. The molecule has 5 rings (SSSR count). The van der Waals surface area contributed by atoms with E-state index in [1.807, 2.05) is 12.2 Å². The molecule has 3 aliphatic rings. The summed E-state index contributed by atoms with van der Waals surface area (Å²) in [7, 11) is 1.38. The van der Waals surface area contributed by atoms with Crippen LogP contribution in [0.3, 0.4) is 0 Å². The van der Waals surface area contributed by atoms with Gasteiger partial charge in [0, 0.05) is 35.1 Å². The van der Waals surface area contributed by atoms with Crippen LogP contribution in [-0.4, -0.2) is 73.1 Å². The number of nitrogens with zero attached hydrogens (tertiary/aromatic N) is 3. The molecule has 0 aromatic heterocycles. The summed E-state index contributed by atoms with van der Waals surface area (Å²) in [4.78, 5) is 34.4. The van der Waals surface area contributed by atoms with Crippen molar-refractivity contribution in [1.29, 1.82) is 0 Å². The third-order valence-electron chi connectivity index (χ3n) is 7.18. The standard InChI is InChI=1S/C29H27Cl2F3N4O4/c1-41-21-10-11-22(23(14-21)42-16-29(32,33)34)27-36-25(17-2-6-19(30)7-3-17)26(18-4-8-20(31)9-5-18)38(27)28(40)37-13-12-35-24(39)15-37/h2,4-11,14,17,25-26H,3,12-13,15-16H2,1H3,(H,35,39)/t17?,25-,26+/m1/s1. The Balaban J connectivity index is 1.66. The highest BCUT2D eigenvalue weighted by atomic mass is 35.5. The second-order valence-corrected chi connectivity index (χ2v) is 10.9. The van der Waals surface area contributed by atoms with E-state index in [9.17, 15) is 22.8 Å². The lowest BCUT2D eigenvalue weighted by Crippen LogP contribution is -2.55. The summed E-state index contributed by atoms with van der Waals surface area (Å²) in [5.41, 5.74) is 0.878. The summed E-state index contributed by atoms with van der Waals surface area (Å²) in [6.45, 7) is -1.23. The molecule has 2 aromatic rings. The van der Waals surface area contributed by atoms with Gasteiger partial charge in [-0.1, -0.05) is 47.5 Å². The van der Waals surface area contributed by atoms with Crippen molar-refractivity contribution in [2.45, 2.75) is 24.7 Å². The number of halogens is 5. The van der Waals surface area contributed by atoms with Crippen LogP contribution in [0.4, 0.5) is 18.0 Å². The zero-order valence-electron chi connectivity index (χ0n) is 22.4. The molecule has 3 atom stereocenters. The summed E-state index contributed by atoms with van der Waals surface area (Å²) < 4.78 is 50.2. The van der Waals surface area contributed by atoms with Crippen LogP contribution in [0.2, 0.25) is 5.02 Å². The highest BCUT2D eigenvalue weighted by Gasteiger charge is 2.47. The van der Waals surface area contributed by atoms with Crippen molar-refractivity contribution in [3.63, 3.8) is 0 Å². The van der Waals surface area contributed by atoms with Gasteiger partial charge in [-0.2, -0.15) is 13.2 Å². The van der Waals surface area contributed by atoms with Crippen LogP contribution in [0.5, 0.6) is 11.5 Å². The lowest BCUT2D eigenvalue weighted by Gasteiger charge is -2.36. The molecule has 2 aromatic carbocycles. The average molecular weight is 623 g/mol. The smallest absolute Gasteiger partial charge is 0.422 e. The van der Waals surface area contributed by atoms with Crippen LogP contribution in [0, 0.1) is 5.92 Å². The van der Waals surface area contributed by atoms with Gasteiger partial charge in [-0.05, 0) is 42.3 Å². The minimum Gasteiger partial charge on any atom is -0.497 e. The van der Waals surface area contributed by atoms with E-state index in [0.717, 1.165) is 0 Å². The molecule has 13 heteroatoms. The van der Waals surface area contributed by atoms with Gasteiger partial charge in [0.1, 0.15) is 23.9 Å². The van der Waals surface area contributed by atoms with Gasteiger partial charge in [0.15, 0.2) is 6.61 Å². The number of carbonyl (C=O) groups excluding carboxylic acids is 2. The Labute approximate surface area is 250 Å². The van der Waals surface area contributed by atoms with E-state index in [1.54, 1.807) is 36.4 Å². The molecule has 0 bridgehead atoms. The first kappa shape index (κ1) is 29.8. The Bertz CT molecular complexity index is 1450. The Hall–Kier alpha value is -3.70. The summed E-state index contributed by atoms with van der Waals surface area (Å²) in [6, 6.07) is 9.60. The second kappa shape index (κ2) is 12.3. The Kier molecular flexibility index (Phi) is 8.70. The minimum atomic E-state index is -4.61. The molecule has 3 amide bonds. The number of ether oxygens (including phenoxy) is 2. The number of benzene rings is 2. The van der Waals surface area contributed by atoms with Crippen molar-refractivity contribution in [2.75, 3.05) is 33.4 Å². The number of urea groups is 1. The molecule has 1 saturated heterocycles. The van der Waals surface area contributed by atoms with E-state index in [2.05, 4.69) is 5.32 Å². The van der Waals surface area contributed by atoms with E-state index < -0.39 is 30.9 Å². The number of hydrogen-bond acceptors (Lipinski definition) is 5. The number of methoxy groups -OCH3 is 1. The van der Waals surface area contributed by atoms with Crippen molar-refractivity contribution in [2.24, 2.45) is 10.9 Å². The highest BCUT2D eigenvalue weighted by Crippen LogP contribution is 2.43. The maximum absolute atomic E-state index is 14.3. The number of allylic oxidation sites excluding steroid dienone is 3. The van der Waals surface area contributed by atoms with Gasteiger partial charge in [0.2, 0.25) is 5.91 Å². The quantitative estimate of drug-likeness (QED) is 0.447. The Morgan fingerprint density at radius 2 is 1.93 bits per heavy atom. The molecule has 1 aliphatic carbocycles. The van der Waals surface area contributed by atoms with E-state index >= 15 is 0 Å². The van der Waals surface area contributed by atoms with Gasteiger partial charge in [0.05, 0.1) is 24.8 Å². The van der Waals surface area contributed by atoms with Gasteiger partial charge in [-0.3, -0.25) is 14.7 Å². The summed E-state index contributed by atoms with van der Waals surface area (Å²) in [5, 5.41) is 3.76.